The molecule has 0 saturated heterocycles. The fourth-order valence-corrected chi connectivity index (χ4v) is 1.47. The van der Waals surface area contributed by atoms with E-state index >= 15 is 0 Å². The molecule has 0 aliphatic carbocycles. The Bertz CT molecular complexity index is 633. The van der Waals surface area contributed by atoms with E-state index in [1.54, 1.807) is 0 Å². The molecule has 1 aromatic heterocycles. The summed E-state index contributed by atoms with van der Waals surface area (Å²) in [6, 6.07) is 3.08. The van der Waals surface area contributed by atoms with E-state index in [1.165, 1.54) is 30.8 Å². The van der Waals surface area contributed by atoms with Crippen LogP contribution in [0.1, 0.15) is 19.5 Å². The standard InChI is InChI=1S/C11H11FN4O3/c1-11(2,17)10-6-15(14-13-10)8-3-7(12)4-9(5-8)16(18)19/h3-6,17H,1-2H3. The van der Waals surface area contributed by atoms with Crippen LogP contribution in [0.25, 0.3) is 5.69 Å². The number of non-ortho nitro benzene ring substituents is 1. The Kier molecular flexibility index (Phi) is 3.03. The van der Waals surface area contributed by atoms with Crippen LogP contribution in [-0.4, -0.2) is 25.0 Å². The number of aromatic nitrogens is 3. The lowest BCUT2D eigenvalue weighted by molar-refractivity contribution is -0.385. The molecule has 1 N–H and O–H groups in total. The maximum Gasteiger partial charge on any atom is 0.274 e. The topological polar surface area (TPSA) is 94.1 Å². The Hall–Kier alpha value is -2.35. The number of benzene rings is 1. The van der Waals surface area contributed by atoms with Crippen molar-refractivity contribution in [2.45, 2.75) is 19.4 Å². The highest BCUT2D eigenvalue weighted by Gasteiger charge is 2.21. The number of nitro benzene ring substituents is 1. The predicted octanol–water partition coefficient (Wildman–Crippen LogP) is 1.54. The van der Waals surface area contributed by atoms with Gasteiger partial charge < -0.3 is 5.11 Å². The van der Waals surface area contributed by atoms with Crippen molar-refractivity contribution in [3.05, 3.63) is 46.0 Å². The highest BCUT2D eigenvalue weighted by Crippen LogP contribution is 2.21. The minimum absolute atomic E-state index is 0.162. The summed E-state index contributed by atoms with van der Waals surface area (Å²) in [5.74, 6) is -0.746. The molecule has 0 aliphatic rings. The van der Waals surface area contributed by atoms with Crippen LogP contribution < -0.4 is 0 Å². The van der Waals surface area contributed by atoms with E-state index in [-0.39, 0.29) is 17.1 Å². The molecule has 1 aromatic carbocycles. The molecule has 0 bridgehead atoms. The van der Waals surface area contributed by atoms with Crippen LogP contribution in [0, 0.1) is 15.9 Å². The minimum Gasteiger partial charge on any atom is -0.384 e. The molecule has 0 atom stereocenters. The molecular formula is C11H11FN4O3. The van der Waals surface area contributed by atoms with Gasteiger partial charge in [0.1, 0.15) is 17.1 Å². The van der Waals surface area contributed by atoms with E-state index in [0.29, 0.717) is 0 Å². The molecule has 100 valence electrons. The Morgan fingerprint density at radius 2 is 2.11 bits per heavy atom. The molecule has 0 saturated carbocycles. The van der Waals surface area contributed by atoms with Gasteiger partial charge in [-0.05, 0) is 13.8 Å². The van der Waals surface area contributed by atoms with Gasteiger partial charge in [-0.25, -0.2) is 9.07 Å². The predicted molar refractivity (Wildman–Crippen MR) is 63.2 cm³/mol. The SMILES string of the molecule is CC(C)(O)c1cn(-c2cc(F)cc([N+](=O)[O-])c2)nn1. The maximum absolute atomic E-state index is 13.3. The van der Waals surface area contributed by atoms with Gasteiger partial charge in [0, 0.05) is 12.1 Å². The normalized spacial score (nSPS) is 11.6. The summed E-state index contributed by atoms with van der Waals surface area (Å²) in [5.41, 5.74) is -1.14. The second-order valence-corrected chi connectivity index (χ2v) is 4.53. The molecule has 2 aromatic rings. The van der Waals surface area contributed by atoms with Crippen molar-refractivity contribution in [1.82, 2.24) is 15.0 Å². The average Bonchev–Trinajstić information content (AvgIpc) is 2.76. The van der Waals surface area contributed by atoms with Gasteiger partial charge in [0.05, 0.1) is 22.9 Å². The van der Waals surface area contributed by atoms with E-state index in [1.807, 2.05) is 0 Å². The lowest BCUT2D eigenvalue weighted by Crippen LogP contribution is -2.15. The lowest BCUT2D eigenvalue weighted by Gasteiger charge is -2.11. The number of hydrogen-bond acceptors (Lipinski definition) is 5. The Balaban J connectivity index is 2.47. The molecule has 0 fully saturated rings. The molecule has 0 radical (unpaired) electrons. The number of nitrogens with zero attached hydrogens (tertiary/aromatic N) is 4. The first-order chi connectivity index (χ1) is 8.77. The smallest absolute Gasteiger partial charge is 0.274 e. The summed E-state index contributed by atoms with van der Waals surface area (Å²) in [7, 11) is 0. The monoisotopic (exact) mass is 266 g/mol. The Morgan fingerprint density at radius 1 is 1.42 bits per heavy atom. The second-order valence-electron chi connectivity index (χ2n) is 4.53. The zero-order valence-electron chi connectivity index (χ0n) is 10.2. The van der Waals surface area contributed by atoms with Gasteiger partial charge >= 0.3 is 0 Å². The van der Waals surface area contributed by atoms with Gasteiger partial charge in [-0.15, -0.1) is 5.10 Å². The molecule has 2 rings (SSSR count). The van der Waals surface area contributed by atoms with E-state index in [9.17, 15) is 19.6 Å². The number of rotatable bonds is 3. The van der Waals surface area contributed by atoms with Gasteiger partial charge in [-0.3, -0.25) is 10.1 Å². The summed E-state index contributed by atoms with van der Waals surface area (Å²) in [4.78, 5) is 9.96. The molecule has 0 amide bonds. The molecule has 1 heterocycles. The Labute approximate surface area is 107 Å². The molecule has 0 aliphatic heterocycles. The summed E-state index contributed by atoms with van der Waals surface area (Å²) < 4.78 is 14.5. The van der Waals surface area contributed by atoms with Gasteiger partial charge in [-0.1, -0.05) is 5.21 Å². The van der Waals surface area contributed by atoms with Crippen molar-refractivity contribution < 1.29 is 14.4 Å². The van der Waals surface area contributed by atoms with E-state index in [0.717, 1.165) is 12.1 Å². The van der Waals surface area contributed by atoms with Crippen LogP contribution in [0.4, 0.5) is 10.1 Å². The highest BCUT2D eigenvalue weighted by molar-refractivity contribution is 5.43. The summed E-state index contributed by atoms with van der Waals surface area (Å²) in [6.07, 6.45) is 1.39. The first-order valence-electron chi connectivity index (χ1n) is 5.38. The number of hydrogen-bond donors (Lipinski definition) is 1. The number of aliphatic hydroxyl groups is 1. The van der Waals surface area contributed by atoms with Crippen LogP contribution in [0.15, 0.2) is 24.4 Å². The second kappa shape index (κ2) is 4.39. The quantitative estimate of drug-likeness (QED) is 0.671. The van der Waals surface area contributed by atoms with E-state index in [4.69, 9.17) is 0 Å². The third kappa shape index (κ3) is 2.74. The molecule has 0 spiro atoms. The van der Waals surface area contributed by atoms with E-state index in [2.05, 4.69) is 10.3 Å². The third-order valence-electron chi connectivity index (χ3n) is 2.46. The summed E-state index contributed by atoms with van der Waals surface area (Å²) in [6.45, 7) is 3.05. The summed E-state index contributed by atoms with van der Waals surface area (Å²) in [5, 5.41) is 27.9. The fraction of sp³-hybridized carbons (Fsp3) is 0.273. The van der Waals surface area contributed by atoms with Crippen LogP contribution in [0.3, 0.4) is 0 Å². The zero-order chi connectivity index (χ0) is 14.2. The van der Waals surface area contributed by atoms with Crippen LogP contribution in [0.5, 0.6) is 0 Å². The van der Waals surface area contributed by atoms with Crippen molar-refractivity contribution in [3.8, 4) is 5.69 Å². The Morgan fingerprint density at radius 3 is 2.63 bits per heavy atom. The fourth-order valence-electron chi connectivity index (χ4n) is 1.47. The first kappa shape index (κ1) is 13.1. The molecule has 19 heavy (non-hydrogen) atoms. The van der Waals surface area contributed by atoms with Crippen molar-refractivity contribution in [2.24, 2.45) is 0 Å². The molecular weight excluding hydrogens is 255 g/mol. The van der Waals surface area contributed by atoms with Crippen LogP contribution in [0.2, 0.25) is 0 Å². The van der Waals surface area contributed by atoms with Gasteiger partial charge in [0.25, 0.3) is 5.69 Å². The minimum atomic E-state index is -1.20. The van der Waals surface area contributed by atoms with Crippen molar-refractivity contribution in [3.63, 3.8) is 0 Å². The molecule has 8 heteroatoms. The number of halogens is 1. The van der Waals surface area contributed by atoms with Crippen LogP contribution >= 0.6 is 0 Å². The third-order valence-corrected chi connectivity index (χ3v) is 2.46. The van der Waals surface area contributed by atoms with Crippen molar-refractivity contribution in [2.75, 3.05) is 0 Å². The molecule has 7 nitrogen and oxygen atoms in total. The van der Waals surface area contributed by atoms with Gasteiger partial charge in [0.2, 0.25) is 0 Å². The van der Waals surface area contributed by atoms with Crippen molar-refractivity contribution in [1.29, 1.82) is 0 Å². The average molecular weight is 266 g/mol. The largest absolute Gasteiger partial charge is 0.384 e. The lowest BCUT2D eigenvalue weighted by atomic mass is 10.1. The highest BCUT2D eigenvalue weighted by atomic mass is 19.1. The zero-order valence-corrected chi connectivity index (χ0v) is 10.2. The van der Waals surface area contributed by atoms with Crippen molar-refractivity contribution >= 4 is 5.69 Å². The first-order valence-corrected chi connectivity index (χ1v) is 5.38. The maximum atomic E-state index is 13.3. The summed E-state index contributed by atoms with van der Waals surface area (Å²) >= 11 is 0. The molecule has 0 unspecified atom stereocenters. The number of nitro groups is 1. The van der Waals surface area contributed by atoms with Crippen LogP contribution in [-0.2, 0) is 5.60 Å². The van der Waals surface area contributed by atoms with Gasteiger partial charge in [0.15, 0.2) is 0 Å². The van der Waals surface area contributed by atoms with E-state index < -0.39 is 16.3 Å². The van der Waals surface area contributed by atoms with Gasteiger partial charge in [-0.2, -0.15) is 0 Å².